The lowest BCUT2D eigenvalue weighted by Crippen LogP contribution is -2.36. The fourth-order valence-electron chi connectivity index (χ4n) is 4.69. The lowest BCUT2D eigenvalue weighted by atomic mass is 10.1. The van der Waals surface area contributed by atoms with Crippen molar-refractivity contribution in [2.75, 3.05) is 12.4 Å². The van der Waals surface area contributed by atoms with Gasteiger partial charge in [0.1, 0.15) is 11.6 Å². The summed E-state index contributed by atoms with van der Waals surface area (Å²) in [4.78, 5) is 35.0. The Bertz CT molecular complexity index is 1420. The molecule has 11 heteroatoms. The molecule has 4 N–H and O–H groups in total. The molecule has 1 amide bonds. The van der Waals surface area contributed by atoms with E-state index in [4.69, 9.17) is 9.97 Å². The van der Waals surface area contributed by atoms with Gasteiger partial charge in [-0.05, 0) is 49.6 Å². The van der Waals surface area contributed by atoms with Crippen molar-refractivity contribution in [2.45, 2.75) is 45.1 Å². The van der Waals surface area contributed by atoms with Gasteiger partial charge >= 0.3 is 0 Å². The number of imidazole rings is 1. The third-order valence-corrected chi connectivity index (χ3v) is 6.56. The van der Waals surface area contributed by atoms with Gasteiger partial charge in [0.2, 0.25) is 5.91 Å². The van der Waals surface area contributed by atoms with Crippen molar-refractivity contribution in [3.05, 3.63) is 59.9 Å². The van der Waals surface area contributed by atoms with Crippen molar-refractivity contribution >= 4 is 22.9 Å². The molecule has 11 nitrogen and oxygen atoms in total. The standard InChI is InChI=1S/C25H28N8O3/c1-13-4-5-28-16(7-13)11-29-23-19-24(32-22(31-23)15-6-14(2)9-27-10-15)33(12-30-19)18-8-17(25(36)26-3)20(34)21(18)35/h4-7,9-10,12,17-18,20-21,34-35H,8,11H2,1-3H3,(H,26,36)(H,29,31,32)/t17-,18+,20+,21-/m0/s1. The van der Waals surface area contributed by atoms with Crippen molar-refractivity contribution in [2.24, 2.45) is 5.92 Å². The number of amides is 1. The second-order valence-corrected chi connectivity index (χ2v) is 9.15. The normalized spacial score (nSPS) is 21.6. The minimum atomic E-state index is -1.19. The van der Waals surface area contributed by atoms with Gasteiger partial charge in [-0.1, -0.05) is 0 Å². The number of nitrogens with zero attached hydrogens (tertiary/aromatic N) is 6. The number of aliphatic hydroxyl groups is 2. The molecule has 0 unspecified atom stereocenters. The minimum absolute atomic E-state index is 0.245. The zero-order valence-electron chi connectivity index (χ0n) is 20.3. The summed E-state index contributed by atoms with van der Waals surface area (Å²) in [5.41, 5.74) is 4.64. The van der Waals surface area contributed by atoms with Crippen LogP contribution in [0.3, 0.4) is 0 Å². The molecule has 0 aromatic carbocycles. The lowest BCUT2D eigenvalue weighted by molar-refractivity contribution is -0.128. The van der Waals surface area contributed by atoms with E-state index in [1.54, 1.807) is 29.5 Å². The molecule has 4 aromatic rings. The Morgan fingerprint density at radius 2 is 1.94 bits per heavy atom. The Balaban J connectivity index is 1.58. The van der Waals surface area contributed by atoms with Gasteiger partial charge in [0, 0.05) is 31.2 Å². The van der Waals surface area contributed by atoms with E-state index in [-0.39, 0.29) is 12.3 Å². The van der Waals surface area contributed by atoms with E-state index < -0.39 is 24.2 Å². The highest BCUT2D eigenvalue weighted by Gasteiger charge is 2.46. The highest BCUT2D eigenvalue weighted by atomic mass is 16.3. The first-order valence-electron chi connectivity index (χ1n) is 11.8. The average molecular weight is 489 g/mol. The molecular formula is C25H28N8O3. The van der Waals surface area contributed by atoms with Crippen molar-refractivity contribution in [1.29, 1.82) is 0 Å². The molecule has 0 radical (unpaired) electrons. The van der Waals surface area contributed by atoms with Gasteiger partial charge in [0.15, 0.2) is 17.3 Å². The number of hydrogen-bond acceptors (Lipinski definition) is 9. The molecule has 4 heterocycles. The van der Waals surface area contributed by atoms with E-state index in [2.05, 4.69) is 25.6 Å². The highest BCUT2D eigenvalue weighted by Crippen LogP contribution is 2.38. The second-order valence-electron chi connectivity index (χ2n) is 9.15. The second kappa shape index (κ2) is 9.59. The van der Waals surface area contributed by atoms with Gasteiger partial charge in [-0.3, -0.25) is 14.8 Å². The third kappa shape index (κ3) is 4.38. The van der Waals surface area contributed by atoms with E-state index in [0.29, 0.717) is 29.4 Å². The fraction of sp³-hybridized carbons (Fsp3) is 0.360. The molecule has 1 aliphatic carbocycles. The first-order valence-corrected chi connectivity index (χ1v) is 11.8. The largest absolute Gasteiger partial charge is 0.390 e. The number of fused-ring (bicyclic) bond motifs is 1. The van der Waals surface area contributed by atoms with Gasteiger partial charge in [-0.2, -0.15) is 0 Å². The number of pyridine rings is 2. The summed E-state index contributed by atoms with van der Waals surface area (Å²) in [6.07, 6.45) is 4.67. The molecule has 186 valence electrons. The first-order chi connectivity index (χ1) is 17.4. The molecule has 1 saturated carbocycles. The summed E-state index contributed by atoms with van der Waals surface area (Å²) in [5, 5.41) is 27.3. The quantitative estimate of drug-likeness (QED) is 0.317. The molecule has 4 aromatic heterocycles. The molecular weight excluding hydrogens is 460 g/mol. The highest BCUT2D eigenvalue weighted by molar-refractivity contribution is 5.85. The van der Waals surface area contributed by atoms with Crippen LogP contribution >= 0.6 is 0 Å². The maximum absolute atomic E-state index is 12.3. The predicted molar refractivity (Wildman–Crippen MR) is 133 cm³/mol. The number of aryl methyl sites for hydroxylation is 2. The van der Waals surface area contributed by atoms with Gasteiger partial charge in [-0.15, -0.1) is 0 Å². The van der Waals surface area contributed by atoms with Gasteiger partial charge in [0.25, 0.3) is 0 Å². The summed E-state index contributed by atoms with van der Waals surface area (Å²) in [6.45, 7) is 4.37. The smallest absolute Gasteiger partial charge is 0.225 e. The van der Waals surface area contributed by atoms with Crippen LogP contribution in [0.2, 0.25) is 0 Å². The number of carbonyl (C=O) groups is 1. The first kappa shape index (κ1) is 23.8. The summed E-state index contributed by atoms with van der Waals surface area (Å²) in [7, 11) is 1.51. The van der Waals surface area contributed by atoms with Crippen LogP contribution in [0, 0.1) is 19.8 Å². The molecule has 0 saturated heterocycles. The van der Waals surface area contributed by atoms with Crippen molar-refractivity contribution in [3.63, 3.8) is 0 Å². The van der Waals surface area contributed by atoms with Crippen molar-refractivity contribution < 1.29 is 15.0 Å². The van der Waals surface area contributed by atoms with E-state index in [1.165, 1.54) is 7.05 Å². The molecule has 0 bridgehead atoms. The molecule has 4 atom stereocenters. The van der Waals surface area contributed by atoms with Gasteiger partial charge in [-0.25, -0.2) is 15.0 Å². The third-order valence-electron chi connectivity index (χ3n) is 6.56. The van der Waals surface area contributed by atoms with Gasteiger partial charge < -0.3 is 25.4 Å². The monoisotopic (exact) mass is 488 g/mol. The number of anilines is 1. The zero-order valence-corrected chi connectivity index (χ0v) is 20.3. The number of aromatic nitrogens is 6. The summed E-state index contributed by atoms with van der Waals surface area (Å²) < 4.78 is 1.72. The Labute approximate surface area is 207 Å². The van der Waals surface area contributed by atoms with Crippen LogP contribution in [0.5, 0.6) is 0 Å². The molecule has 1 aliphatic rings. The fourth-order valence-corrected chi connectivity index (χ4v) is 4.69. The Kier molecular flexibility index (Phi) is 6.33. The maximum atomic E-state index is 12.3. The summed E-state index contributed by atoms with van der Waals surface area (Å²) in [5.74, 6) is -0.104. The van der Waals surface area contributed by atoms with Crippen LogP contribution in [-0.2, 0) is 11.3 Å². The minimum Gasteiger partial charge on any atom is -0.390 e. The van der Waals surface area contributed by atoms with E-state index in [9.17, 15) is 15.0 Å². The topological polar surface area (TPSA) is 151 Å². The maximum Gasteiger partial charge on any atom is 0.225 e. The number of rotatable bonds is 6. The molecule has 0 spiro atoms. The van der Waals surface area contributed by atoms with Gasteiger partial charge in [0.05, 0.1) is 36.6 Å². The summed E-state index contributed by atoms with van der Waals surface area (Å²) in [6, 6.07) is 5.28. The number of hydrogen-bond donors (Lipinski definition) is 4. The number of carbonyl (C=O) groups excluding carboxylic acids is 1. The zero-order chi connectivity index (χ0) is 25.4. The van der Waals surface area contributed by atoms with Crippen LogP contribution in [0.1, 0.15) is 29.3 Å². The molecule has 36 heavy (non-hydrogen) atoms. The molecule has 1 fully saturated rings. The van der Waals surface area contributed by atoms with E-state index in [1.807, 2.05) is 32.0 Å². The van der Waals surface area contributed by atoms with E-state index >= 15 is 0 Å². The Morgan fingerprint density at radius 1 is 1.11 bits per heavy atom. The Hall–Kier alpha value is -3.96. The Morgan fingerprint density at radius 3 is 2.69 bits per heavy atom. The average Bonchev–Trinajstić information content (AvgIpc) is 3.43. The van der Waals surface area contributed by atoms with Crippen LogP contribution in [0.25, 0.3) is 22.6 Å². The SMILES string of the molecule is CNC(=O)[C@H]1C[C@@H](n2cnc3c(NCc4cc(C)ccn4)nc(-c4cncc(C)c4)nc32)[C@H](O)[C@@H]1O. The predicted octanol–water partition coefficient (Wildman–Crippen LogP) is 1.54. The van der Waals surface area contributed by atoms with Crippen LogP contribution in [-0.4, -0.2) is 64.9 Å². The van der Waals surface area contributed by atoms with Crippen LogP contribution in [0.4, 0.5) is 5.82 Å². The summed E-state index contributed by atoms with van der Waals surface area (Å²) >= 11 is 0. The number of aliphatic hydroxyl groups excluding tert-OH is 2. The van der Waals surface area contributed by atoms with Crippen LogP contribution < -0.4 is 10.6 Å². The molecule has 5 rings (SSSR count). The number of nitrogens with one attached hydrogen (secondary N) is 2. The van der Waals surface area contributed by atoms with E-state index in [0.717, 1.165) is 22.4 Å². The lowest BCUT2D eigenvalue weighted by Gasteiger charge is -2.18. The van der Waals surface area contributed by atoms with Crippen LogP contribution in [0.15, 0.2) is 43.1 Å². The van der Waals surface area contributed by atoms with Crippen molar-refractivity contribution in [3.8, 4) is 11.4 Å². The molecule has 0 aliphatic heterocycles. The van der Waals surface area contributed by atoms with Crippen molar-refractivity contribution in [1.82, 2.24) is 34.8 Å².